The fourth-order valence-electron chi connectivity index (χ4n) is 3.44. The molecule has 2 aliphatic heterocycles. The number of benzene rings is 2. The van der Waals surface area contributed by atoms with Gasteiger partial charge in [-0.2, -0.15) is 10.1 Å². The van der Waals surface area contributed by atoms with E-state index in [-0.39, 0.29) is 31.6 Å². The summed E-state index contributed by atoms with van der Waals surface area (Å²) < 4.78 is 16.1. The first-order valence-corrected chi connectivity index (χ1v) is 10.5. The van der Waals surface area contributed by atoms with E-state index in [1.54, 1.807) is 43.3 Å². The Kier molecular flexibility index (Phi) is 5.43. The number of halogens is 1. The lowest BCUT2D eigenvalue weighted by molar-refractivity contribution is -0.135. The molecule has 0 radical (unpaired) electrons. The number of hydrogen-bond donors (Lipinski definition) is 1. The average Bonchev–Trinajstić information content (AvgIpc) is 3.47. The van der Waals surface area contributed by atoms with Gasteiger partial charge in [0.1, 0.15) is 12.3 Å². The van der Waals surface area contributed by atoms with Crippen molar-refractivity contribution in [3.8, 4) is 22.9 Å². The summed E-state index contributed by atoms with van der Waals surface area (Å²) in [5.74, 6) is 1.12. The Morgan fingerprint density at radius 1 is 1.18 bits per heavy atom. The molecule has 0 atom stereocenters. The van der Waals surface area contributed by atoms with E-state index in [0.717, 1.165) is 10.6 Å². The van der Waals surface area contributed by atoms with Crippen molar-refractivity contribution in [1.29, 1.82) is 0 Å². The van der Waals surface area contributed by atoms with Crippen molar-refractivity contribution in [3.63, 3.8) is 0 Å². The second-order valence-electron chi connectivity index (χ2n) is 7.45. The summed E-state index contributed by atoms with van der Waals surface area (Å²) in [6, 6.07) is 10.5. The van der Waals surface area contributed by atoms with Crippen LogP contribution in [0.3, 0.4) is 0 Å². The van der Waals surface area contributed by atoms with Crippen LogP contribution in [0, 0.1) is 6.92 Å². The molecule has 0 aliphatic carbocycles. The van der Waals surface area contributed by atoms with Gasteiger partial charge in [0, 0.05) is 29.1 Å². The number of hydrazone groups is 1. The summed E-state index contributed by atoms with van der Waals surface area (Å²) in [7, 11) is 0. The van der Waals surface area contributed by atoms with E-state index in [4.69, 9.17) is 25.6 Å². The van der Waals surface area contributed by atoms with Gasteiger partial charge in [-0.25, -0.2) is 5.01 Å². The van der Waals surface area contributed by atoms with Gasteiger partial charge in [-0.1, -0.05) is 22.8 Å². The molecule has 2 amide bonds. The SMILES string of the molecule is Cc1c(Cl)cccc1NC(=O)CN1N=C(c2nc(-c3ccc4c(c3)OCO4)no2)CCC1=O. The molecule has 0 bridgehead atoms. The molecular weight excluding hydrogens is 450 g/mol. The molecule has 10 nitrogen and oxygen atoms in total. The highest BCUT2D eigenvalue weighted by atomic mass is 35.5. The summed E-state index contributed by atoms with van der Waals surface area (Å²) in [5, 5.41) is 12.7. The van der Waals surface area contributed by atoms with Crippen molar-refractivity contribution >= 4 is 34.8 Å². The molecule has 0 fully saturated rings. The number of aromatic nitrogens is 2. The molecule has 5 rings (SSSR count). The highest BCUT2D eigenvalue weighted by molar-refractivity contribution is 6.31. The van der Waals surface area contributed by atoms with Crippen molar-refractivity contribution < 1.29 is 23.6 Å². The lowest BCUT2D eigenvalue weighted by Gasteiger charge is -2.22. The molecule has 0 saturated heterocycles. The van der Waals surface area contributed by atoms with E-state index in [2.05, 4.69) is 20.6 Å². The summed E-state index contributed by atoms with van der Waals surface area (Å²) in [5.41, 5.74) is 2.44. The number of fused-ring (bicyclic) bond motifs is 1. The monoisotopic (exact) mass is 467 g/mol. The van der Waals surface area contributed by atoms with Gasteiger partial charge in [-0.05, 0) is 42.8 Å². The quantitative estimate of drug-likeness (QED) is 0.610. The molecule has 0 spiro atoms. The second kappa shape index (κ2) is 8.55. The molecule has 1 N–H and O–H groups in total. The number of ether oxygens (including phenoxy) is 2. The van der Waals surface area contributed by atoms with Crippen LogP contribution in [-0.4, -0.2) is 46.0 Å². The standard InChI is InChI=1S/C22H18ClN5O5/c1-12-14(23)3-2-4-15(12)24-19(29)10-28-20(30)8-6-16(26-28)22-25-21(27-33-22)13-5-7-17-18(9-13)32-11-31-17/h2-5,7,9H,6,8,10-11H2,1H3,(H,24,29). The highest BCUT2D eigenvalue weighted by Gasteiger charge is 2.27. The van der Waals surface area contributed by atoms with Gasteiger partial charge in [-0.15, -0.1) is 0 Å². The van der Waals surface area contributed by atoms with Crippen LogP contribution in [0.25, 0.3) is 11.4 Å². The van der Waals surface area contributed by atoms with E-state index in [0.29, 0.717) is 45.7 Å². The number of amides is 2. The van der Waals surface area contributed by atoms with Gasteiger partial charge in [0.15, 0.2) is 11.5 Å². The predicted octanol–water partition coefficient (Wildman–Crippen LogP) is 3.39. The normalized spacial score (nSPS) is 14.9. The molecule has 3 heterocycles. The molecule has 2 aromatic carbocycles. The van der Waals surface area contributed by atoms with E-state index in [9.17, 15) is 9.59 Å². The van der Waals surface area contributed by atoms with Crippen LogP contribution < -0.4 is 14.8 Å². The maximum atomic E-state index is 12.5. The highest BCUT2D eigenvalue weighted by Crippen LogP contribution is 2.35. The Bertz CT molecular complexity index is 1290. The Morgan fingerprint density at radius 3 is 2.91 bits per heavy atom. The molecule has 3 aromatic rings. The zero-order valence-electron chi connectivity index (χ0n) is 17.5. The van der Waals surface area contributed by atoms with Crippen LogP contribution in [0.15, 0.2) is 46.0 Å². The molecule has 33 heavy (non-hydrogen) atoms. The minimum atomic E-state index is -0.398. The van der Waals surface area contributed by atoms with Crippen LogP contribution in [0.2, 0.25) is 5.02 Å². The van der Waals surface area contributed by atoms with E-state index < -0.39 is 5.91 Å². The number of carbonyl (C=O) groups excluding carboxylic acids is 2. The molecule has 0 saturated carbocycles. The van der Waals surface area contributed by atoms with E-state index in [1.807, 2.05) is 0 Å². The van der Waals surface area contributed by atoms with Crippen LogP contribution in [0.4, 0.5) is 5.69 Å². The zero-order chi connectivity index (χ0) is 22.9. The van der Waals surface area contributed by atoms with Crippen molar-refractivity contribution in [1.82, 2.24) is 15.1 Å². The first kappa shape index (κ1) is 21.0. The van der Waals surface area contributed by atoms with Crippen molar-refractivity contribution in [3.05, 3.63) is 52.9 Å². The molecule has 2 aliphatic rings. The van der Waals surface area contributed by atoms with E-state index >= 15 is 0 Å². The van der Waals surface area contributed by atoms with Crippen LogP contribution in [-0.2, 0) is 9.59 Å². The lowest BCUT2D eigenvalue weighted by Crippen LogP contribution is -2.38. The first-order valence-electron chi connectivity index (χ1n) is 10.1. The van der Waals surface area contributed by atoms with Gasteiger partial charge in [0.2, 0.25) is 24.4 Å². The molecule has 1 aromatic heterocycles. The van der Waals surface area contributed by atoms with Crippen LogP contribution in [0.1, 0.15) is 24.3 Å². The Morgan fingerprint density at radius 2 is 2.03 bits per heavy atom. The topological polar surface area (TPSA) is 119 Å². The number of anilines is 1. The number of nitrogens with zero attached hydrogens (tertiary/aromatic N) is 4. The summed E-state index contributed by atoms with van der Waals surface area (Å²) in [4.78, 5) is 29.3. The molecule has 11 heteroatoms. The predicted molar refractivity (Wildman–Crippen MR) is 118 cm³/mol. The maximum Gasteiger partial charge on any atom is 0.274 e. The average molecular weight is 468 g/mol. The van der Waals surface area contributed by atoms with Crippen molar-refractivity contribution in [2.24, 2.45) is 5.10 Å². The first-order chi connectivity index (χ1) is 16.0. The van der Waals surface area contributed by atoms with Gasteiger partial charge in [0.05, 0.1) is 0 Å². The number of nitrogens with one attached hydrogen (secondary N) is 1. The van der Waals surface area contributed by atoms with Crippen LogP contribution in [0.5, 0.6) is 11.5 Å². The van der Waals surface area contributed by atoms with E-state index in [1.165, 1.54) is 0 Å². The Balaban J connectivity index is 1.32. The molecule has 168 valence electrons. The lowest BCUT2D eigenvalue weighted by atomic mass is 10.1. The van der Waals surface area contributed by atoms with Crippen molar-refractivity contribution in [2.75, 3.05) is 18.7 Å². The summed E-state index contributed by atoms with van der Waals surface area (Å²) in [6.45, 7) is 1.71. The third-order valence-electron chi connectivity index (χ3n) is 5.24. The molecule has 0 unspecified atom stereocenters. The molecular formula is C22H18ClN5O5. The Hall–Kier alpha value is -3.92. The maximum absolute atomic E-state index is 12.5. The van der Waals surface area contributed by atoms with Crippen molar-refractivity contribution in [2.45, 2.75) is 19.8 Å². The number of rotatable bonds is 5. The Labute approximate surface area is 193 Å². The fourth-order valence-corrected chi connectivity index (χ4v) is 3.62. The largest absolute Gasteiger partial charge is 0.454 e. The third kappa shape index (κ3) is 4.24. The smallest absolute Gasteiger partial charge is 0.274 e. The number of carbonyl (C=O) groups is 2. The van der Waals surface area contributed by atoms with Gasteiger partial charge < -0.3 is 19.3 Å². The minimum absolute atomic E-state index is 0.168. The van der Waals surface area contributed by atoms with Gasteiger partial charge in [0.25, 0.3) is 5.89 Å². The third-order valence-corrected chi connectivity index (χ3v) is 5.65. The second-order valence-corrected chi connectivity index (χ2v) is 7.86. The van der Waals surface area contributed by atoms with Gasteiger partial charge >= 0.3 is 0 Å². The number of hydrogen-bond acceptors (Lipinski definition) is 8. The fraction of sp³-hybridized carbons (Fsp3) is 0.227. The van der Waals surface area contributed by atoms with Crippen LogP contribution >= 0.6 is 11.6 Å². The summed E-state index contributed by atoms with van der Waals surface area (Å²) >= 11 is 6.10. The summed E-state index contributed by atoms with van der Waals surface area (Å²) in [6.07, 6.45) is 0.497. The minimum Gasteiger partial charge on any atom is -0.454 e. The zero-order valence-corrected chi connectivity index (χ0v) is 18.3. The van der Waals surface area contributed by atoms with Gasteiger partial charge in [-0.3, -0.25) is 9.59 Å².